The van der Waals surface area contributed by atoms with Crippen LogP contribution in [0.15, 0.2) is 59.5 Å². The van der Waals surface area contributed by atoms with Crippen LogP contribution in [-0.2, 0) is 12.6 Å². The molecule has 4 rings (SSSR count). The van der Waals surface area contributed by atoms with Crippen LogP contribution in [0.25, 0.3) is 0 Å². The van der Waals surface area contributed by atoms with Gasteiger partial charge in [-0.1, -0.05) is 12.1 Å². The van der Waals surface area contributed by atoms with Crippen molar-refractivity contribution in [3.8, 4) is 0 Å². The Labute approximate surface area is 182 Å². The van der Waals surface area contributed by atoms with Crippen LogP contribution in [0.3, 0.4) is 0 Å². The van der Waals surface area contributed by atoms with Gasteiger partial charge in [0.05, 0.1) is 11.1 Å². The average molecular weight is 441 g/mol. The number of aromatic amines is 1. The van der Waals surface area contributed by atoms with E-state index in [1.54, 1.807) is 4.90 Å². The molecule has 8 heteroatoms. The molecule has 0 radical (unpaired) electrons. The number of aryl methyl sites for hydroxylation is 1. The number of likely N-dealkylation sites (tertiary alicyclic amines) is 1. The summed E-state index contributed by atoms with van der Waals surface area (Å²) in [5.41, 5.74) is 2.98. The van der Waals surface area contributed by atoms with Crippen LogP contribution >= 0.6 is 0 Å². The Morgan fingerprint density at radius 3 is 2.53 bits per heavy atom. The lowest BCUT2D eigenvalue weighted by atomic mass is 9.98. The minimum atomic E-state index is -4.35. The number of hydrogen-bond acceptors (Lipinski definition) is 3. The number of H-pyrrole nitrogens is 1. The number of carbonyl (C=O) groups is 1. The van der Waals surface area contributed by atoms with E-state index in [4.69, 9.17) is 0 Å². The van der Waals surface area contributed by atoms with E-state index in [-0.39, 0.29) is 17.4 Å². The van der Waals surface area contributed by atoms with Gasteiger partial charge in [0.15, 0.2) is 0 Å². The maximum atomic E-state index is 12.8. The molecule has 0 spiro atoms. The van der Waals surface area contributed by atoms with Crippen molar-refractivity contribution >= 4 is 5.91 Å². The number of nitrogens with one attached hydrogen (secondary N) is 1. The lowest BCUT2D eigenvalue weighted by Crippen LogP contribution is -2.29. The normalized spacial score (nSPS) is 16.4. The van der Waals surface area contributed by atoms with Crippen LogP contribution in [0.1, 0.15) is 50.8 Å². The minimum Gasteiger partial charge on any atom is -0.338 e. The molecule has 1 aliphatic rings. The van der Waals surface area contributed by atoms with E-state index in [0.29, 0.717) is 25.1 Å². The number of nitrogens with zero attached hydrogens (tertiary/aromatic N) is 2. The third-order valence-corrected chi connectivity index (χ3v) is 5.65. The number of aromatic nitrogens is 2. The summed E-state index contributed by atoms with van der Waals surface area (Å²) < 4.78 is 38.4. The zero-order valence-electron chi connectivity index (χ0n) is 17.4. The van der Waals surface area contributed by atoms with Crippen molar-refractivity contribution in [1.82, 2.24) is 14.9 Å². The maximum Gasteiger partial charge on any atom is 0.416 e. The number of carbonyl (C=O) groups excluding carboxylic acids is 1. The van der Waals surface area contributed by atoms with E-state index in [1.807, 2.05) is 19.1 Å². The molecule has 1 aromatic carbocycles. The molecule has 1 atom stereocenters. The average Bonchev–Trinajstić information content (AvgIpc) is 3.23. The first-order valence-corrected chi connectivity index (χ1v) is 10.3. The number of hydrogen-bond donors (Lipinski definition) is 1. The summed E-state index contributed by atoms with van der Waals surface area (Å²) in [6, 6.07) is 11.9. The minimum absolute atomic E-state index is 0.0768. The van der Waals surface area contributed by atoms with Crippen molar-refractivity contribution in [1.29, 1.82) is 0 Å². The van der Waals surface area contributed by atoms with Gasteiger partial charge in [-0.2, -0.15) is 13.2 Å². The predicted octanol–water partition coefficient (Wildman–Crippen LogP) is 4.32. The van der Waals surface area contributed by atoms with Crippen molar-refractivity contribution in [3.63, 3.8) is 0 Å². The van der Waals surface area contributed by atoms with Gasteiger partial charge in [-0.15, -0.1) is 0 Å². The largest absolute Gasteiger partial charge is 0.416 e. The highest BCUT2D eigenvalue weighted by atomic mass is 19.4. The first-order valence-electron chi connectivity index (χ1n) is 10.3. The zero-order chi connectivity index (χ0) is 22.9. The molecule has 166 valence electrons. The summed E-state index contributed by atoms with van der Waals surface area (Å²) in [6.07, 6.45) is -1.66. The fraction of sp³-hybridized carbons (Fsp3) is 0.292. The molecule has 1 saturated heterocycles. The van der Waals surface area contributed by atoms with Gasteiger partial charge in [0.1, 0.15) is 0 Å². The molecule has 2 aromatic heterocycles. The maximum absolute atomic E-state index is 12.8. The third kappa shape index (κ3) is 4.90. The highest BCUT2D eigenvalue weighted by Gasteiger charge is 2.30. The fourth-order valence-corrected chi connectivity index (χ4v) is 4.04. The van der Waals surface area contributed by atoms with Gasteiger partial charge in [-0.05, 0) is 61.2 Å². The SMILES string of the molecule is Cc1cc(Cc2ccc(C(F)(F)F)cc2)cc([C@@H]2CCN(C(=O)c3ccc(=O)[nH]c3)C2)n1. The number of rotatable bonds is 4. The molecule has 1 aliphatic heterocycles. The Morgan fingerprint density at radius 2 is 1.88 bits per heavy atom. The molecule has 0 aliphatic carbocycles. The van der Waals surface area contributed by atoms with Crippen molar-refractivity contribution in [3.05, 3.63) is 98.7 Å². The fourth-order valence-electron chi connectivity index (χ4n) is 4.04. The van der Waals surface area contributed by atoms with Crippen molar-refractivity contribution in [2.45, 2.75) is 31.9 Å². The van der Waals surface area contributed by atoms with E-state index in [2.05, 4.69) is 9.97 Å². The summed E-state index contributed by atoms with van der Waals surface area (Å²) >= 11 is 0. The van der Waals surface area contributed by atoms with Crippen LogP contribution in [0.4, 0.5) is 13.2 Å². The summed E-state index contributed by atoms with van der Waals surface area (Å²) in [5, 5.41) is 0. The number of amides is 1. The van der Waals surface area contributed by atoms with E-state index >= 15 is 0 Å². The van der Waals surface area contributed by atoms with Crippen LogP contribution in [0.5, 0.6) is 0 Å². The van der Waals surface area contributed by atoms with Gasteiger partial charge < -0.3 is 9.88 Å². The first-order chi connectivity index (χ1) is 15.2. The van der Waals surface area contributed by atoms with Crippen molar-refractivity contribution < 1.29 is 18.0 Å². The van der Waals surface area contributed by atoms with Crippen molar-refractivity contribution in [2.24, 2.45) is 0 Å². The van der Waals surface area contributed by atoms with Crippen LogP contribution in [0, 0.1) is 6.92 Å². The topological polar surface area (TPSA) is 66.1 Å². The van der Waals surface area contributed by atoms with Gasteiger partial charge >= 0.3 is 6.18 Å². The van der Waals surface area contributed by atoms with Crippen molar-refractivity contribution in [2.75, 3.05) is 13.1 Å². The second kappa shape index (κ2) is 8.61. The Morgan fingerprint density at radius 1 is 1.12 bits per heavy atom. The zero-order valence-corrected chi connectivity index (χ0v) is 17.4. The predicted molar refractivity (Wildman–Crippen MR) is 114 cm³/mol. The van der Waals surface area contributed by atoms with E-state index in [0.717, 1.165) is 41.1 Å². The molecule has 0 unspecified atom stereocenters. The molecule has 0 saturated carbocycles. The number of benzene rings is 1. The van der Waals surface area contributed by atoms with Gasteiger partial charge in [0.2, 0.25) is 5.56 Å². The molecular weight excluding hydrogens is 419 g/mol. The summed E-state index contributed by atoms with van der Waals surface area (Å²) in [7, 11) is 0. The molecule has 3 heterocycles. The quantitative estimate of drug-likeness (QED) is 0.656. The van der Waals surface area contributed by atoms with Gasteiger partial charge in [-0.3, -0.25) is 14.6 Å². The number of pyridine rings is 2. The third-order valence-electron chi connectivity index (χ3n) is 5.65. The summed E-state index contributed by atoms with van der Waals surface area (Å²) in [4.78, 5) is 32.8. The van der Waals surface area contributed by atoms with E-state index < -0.39 is 11.7 Å². The Kier molecular flexibility index (Phi) is 5.86. The molecule has 0 bridgehead atoms. The van der Waals surface area contributed by atoms with E-state index in [1.165, 1.54) is 30.5 Å². The Balaban J connectivity index is 1.47. The second-order valence-electron chi connectivity index (χ2n) is 8.09. The van der Waals surface area contributed by atoms with Gasteiger partial charge in [-0.25, -0.2) is 0 Å². The van der Waals surface area contributed by atoms with Gasteiger partial charge in [0, 0.05) is 42.7 Å². The van der Waals surface area contributed by atoms with Crippen LogP contribution < -0.4 is 5.56 Å². The molecule has 3 aromatic rings. The highest BCUT2D eigenvalue weighted by Crippen LogP contribution is 2.30. The summed E-state index contributed by atoms with van der Waals surface area (Å²) in [6.45, 7) is 3.00. The van der Waals surface area contributed by atoms with Crippen LogP contribution in [-0.4, -0.2) is 33.9 Å². The molecule has 1 N–H and O–H groups in total. The monoisotopic (exact) mass is 441 g/mol. The first kappa shape index (κ1) is 21.8. The standard InChI is InChI=1S/C24H22F3N3O2/c1-15-10-17(11-16-2-5-20(6-3-16)24(25,26)27)12-21(29-15)19-8-9-30(14-19)23(32)18-4-7-22(31)28-13-18/h2-7,10,12-13,19H,8-9,11,14H2,1H3,(H,28,31)/t19-/m1/s1. The molecule has 1 amide bonds. The lowest BCUT2D eigenvalue weighted by molar-refractivity contribution is -0.137. The smallest absolute Gasteiger partial charge is 0.338 e. The molecular formula is C24H22F3N3O2. The molecule has 1 fully saturated rings. The highest BCUT2D eigenvalue weighted by molar-refractivity contribution is 5.94. The Bertz CT molecular complexity index is 1170. The van der Waals surface area contributed by atoms with Gasteiger partial charge in [0.25, 0.3) is 5.91 Å². The van der Waals surface area contributed by atoms with Crippen LogP contribution in [0.2, 0.25) is 0 Å². The number of halogens is 3. The number of alkyl halides is 3. The van der Waals surface area contributed by atoms with E-state index in [9.17, 15) is 22.8 Å². The molecule has 32 heavy (non-hydrogen) atoms. The lowest BCUT2D eigenvalue weighted by Gasteiger charge is -2.17. The second-order valence-corrected chi connectivity index (χ2v) is 8.09. The summed E-state index contributed by atoms with van der Waals surface area (Å²) in [5.74, 6) is -0.0608. The Hall–Kier alpha value is -3.42. The molecule has 5 nitrogen and oxygen atoms in total.